The summed E-state index contributed by atoms with van der Waals surface area (Å²) in [5.41, 5.74) is 4.04. The van der Waals surface area contributed by atoms with Gasteiger partial charge in [-0.1, -0.05) is 11.4 Å². The Kier molecular flexibility index (Phi) is 3.85. The summed E-state index contributed by atoms with van der Waals surface area (Å²) < 4.78 is 5.16. The Morgan fingerprint density at radius 2 is 2.00 bits per heavy atom. The maximum absolute atomic E-state index is 5.62. The molecule has 0 unspecified atom stereocenters. The Morgan fingerprint density at radius 1 is 1.56 bits per heavy atom. The summed E-state index contributed by atoms with van der Waals surface area (Å²) in [6, 6.07) is 0. The standard InChI is InChI=1S/C6H11ClOSi/c1-4-9(5-2,6-7)8-3/h4-5H,1-2,6H2,3H3. The van der Waals surface area contributed by atoms with Gasteiger partial charge in [-0.05, 0) is 0 Å². The maximum atomic E-state index is 5.62. The molecular weight excluding hydrogens is 152 g/mol. The van der Waals surface area contributed by atoms with Gasteiger partial charge in [0, 0.05) is 12.6 Å². The molecular formula is C6H11ClOSi. The molecule has 0 spiro atoms. The van der Waals surface area contributed by atoms with Crippen LogP contribution in [-0.2, 0) is 4.43 Å². The van der Waals surface area contributed by atoms with E-state index in [2.05, 4.69) is 13.2 Å². The molecule has 0 aliphatic rings. The second kappa shape index (κ2) is 3.88. The SMILES string of the molecule is C=C[Si](C=C)(CCl)OC. The Balaban J connectivity index is 4.15. The van der Waals surface area contributed by atoms with E-state index in [0.717, 1.165) is 0 Å². The highest BCUT2D eigenvalue weighted by Crippen LogP contribution is 2.07. The molecule has 9 heavy (non-hydrogen) atoms. The smallest absolute Gasteiger partial charge is 0.254 e. The quantitative estimate of drug-likeness (QED) is 0.453. The molecule has 3 heteroatoms. The highest BCUT2D eigenvalue weighted by Gasteiger charge is 2.24. The zero-order valence-corrected chi connectivity index (χ0v) is 7.32. The third-order valence-electron chi connectivity index (χ3n) is 1.28. The van der Waals surface area contributed by atoms with Crippen molar-refractivity contribution in [1.29, 1.82) is 0 Å². The van der Waals surface area contributed by atoms with Gasteiger partial charge in [0.1, 0.15) is 0 Å². The molecule has 0 atom stereocenters. The van der Waals surface area contributed by atoms with Crippen LogP contribution < -0.4 is 0 Å². The van der Waals surface area contributed by atoms with Crippen LogP contribution in [0.5, 0.6) is 0 Å². The molecule has 0 aromatic rings. The van der Waals surface area contributed by atoms with Crippen molar-refractivity contribution in [3.63, 3.8) is 0 Å². The zero-order chi connectivity index (χ0) is 7.33. The fourth-order valence-electron chi connectivity index (χ4n) is 0.414. The normalized spacial score (nSPS) is 10.9. The summed E-state index contributed by atoms with van der Waals surface area (Å²) in [7, 11) is -0.261. The first-order valence-electron chi connectivity index (χ1n) is 2.63. The number of rotatable bonds is 4. The Morgan fingerprint density at radius 3 is 2.00 bits per heavy atom. The van der Waals surface area contributed by atoms with Gasteiger partial charge in [0.25, 0.3) is 8.32 Å². The predicted octanol–water partition coefficient (Wildman–Crippen LogP) is 1.81. The van der Waals surface area contributed by atoms with Gasteiger partial charge >= 0.3 is 0 Å². The molecule has 0 N–H and O–H groups in total. The minimum absolute atomic E-state index is 0.497. The number of alkyl halides is 1. The van der Waals surface area contributed by atoms with Crippen molar-refractivity contribution in [2.45, 2.75) is 0 Å². The van der Waals surface area contributed by atoms with Gasteiger partial charge < -0.3 is 4.43 Å². The molecule has 0 radical (unpaired) electrons. The molecule has 0 heterocycles. The van der Waals surface area contributed by atoms with Crippen LogP contribution >= 0.6 is 11.6 Å². The zero-order valence-electron chi connectivity index (χ0n) is 5.56. The minimum atomic E-state index is -1.90. The molecule has 0 aromatic carbocycles. The Hall–Kier alpha value is -0.0531. The fraction of sp³-hybridized carbons (Fsp3) is 0.333. The van der Waals surface area contributed by atoms with E-state index in [1.165, 1.54) is 0 Å². The van der Waals surface area contributed by atoms with Crippen molar-refractivity contribution < 1.29 is 4.43 Å². The molecule has 0 saturated heterocycles. The van der Waals surface area contributed by atoms with Gasteiger partial charge in [-0.3, -0.25) is 0 Å². The largest absolute Gasteiger partial charge is 0.411 e. The first-order chi connectivity index (χ1) is 4.24. The van der Waals surface area contributed by atoms with Gasteiger partial charge in [-0.25, -0.2) is 0 Å². The van der Waals surface area contributed by atoms with E-state index in [9.17, 15) is 0 Å². The van der Waals surface area contributed by atoms with E-state index in [1.807, 2.05) is 0 Å². The van der Waals surface area contributed by atoms with E-state index in [4.69, 9.17) is 16.0 Å². The number of halogens is 1. The Labute approximate surface area is 62.1 Å². The lowest BCUT2D eigenvalue weighted by Gasteiger charge is -2.17. The van der Waals surface area contributed by atoms with Crippen LogP contribution in [0.25, 0.3) is 0 Å². The second-order valence-electron chi connectivity index (χ2n) is 1.70. The molecule has 0 aliphatic carbocycles. The lowest BCUT2D eigenvalue weighted by Crippen LogP contribution is -2.35. The van der Waals surface area contributed by atoms with Crippen LogP contribution in [0, 0.1) is 0 Å². The average Bonchev–Trinajstić information content (AvgIpc) is 1.95. The molecule has 0 bridgehead atoms. The van der Waals surface area contributed by atoms with E-state index in [1.54, 1.807) is 18.5 Å². The van der Waals surface area contributed by atoms with Crippen LogP contribution in [-0.4, -0.2) is 20.9 Å². The lowest BCUT2D eigenvalue weighted by molar-refractivity contribution is 0.418. The maximum Gasteiger partial charge on any atom is 0.254 e. The molecule has 1 nitrogen and oxygen atoms in total. The lowest BCUT2D eigenvalue weighted by atomic mass is 11.2. The third-order valence-corrected chi connectivity index (χ3v) is 5.09. The van der Waals surface area contributed by atoms with E-state index >= 15 is 0 Å². The average molecular weight is 163 g/mol. The summed E-state index contributed by atoms with van der Waals surface area (Å²) >= 11 is 5.62. The monoisotopic (exact) mass is 162 g/mol. The first kappa shape index (κ1) is 8.95. The molecule has 0 saturated carbocycles. The molecule has 0 rings (SSSR count). The predicted molar refractivity (Wildman–Crippen MR) is 43.9 cm³/mol. The number of hydrogen-bond acceptors (Lipinski definition) is 1. The molecule has 0 aromatic heterocycles. The fourth-order valence-corrected chi connectivity index (χ4v) is 2.22. The minimum Gasteiger partial charge on any atom is -0.411 e. The molecule has 52 valence electrons. The van der Waals surface area contributed by atoms with Gasteiger partial charge in [0.15, 0.2) is 0 Å². The van der Waals surface area contributed by atoms with E-state index in [0.29, 0.717) is 5.50 Å². The molecule has 0 fully saturated rings. The summed E-state index contributed by atoms with van der Waals surface area (Å²) in [4.78, 5) is 0. The first-order valence-corrected chi connectivity index (χ1v) is 5.43. The highest BCUT2D eigenvalue weighted by molar-refractivity contribution is 6.88. The van der Waals surface area contributed by atoms with Crippen molar-refractivity contribution in [2.24, 2.45) is 0 Å². The summed E-state index contributed by atoms with van der Waals surface area (Å²) in [6.45, 7) is 7.25. The van der Waals surface area contributed by atoms with Crippen LogP contribution in [0.2, 0.25) is 0 Å². The van der Waals surface area contributed by atoms with Crippen LogP contribution in [0.4, 0.5) is 0 Å². The van der Waals surface area contributed by atoms with Crippen molar-refractivity contribution >= 4 is 19.9 Å². The second-order valence-corrected chi connectivity index (χ2v) is 5.90. The topological polar surface area (TPSA) is 9.23 Å². The van der Waals surface area contributed by atoms with Crippen molar-refractivity contribution in [2.75, 3.05) is 12.6 Å². The van der Waals surface area contributed by atoms with Crippen molar-refractivity contribution in [3.05, 3.63) is 24.6 Å². The van der Waals surface area contributed by atoms with Gasteiger partial charge in [-0.2, -0.15) is 0 Å². The number of hydrogen-bond donors (Lipinski definition) is 0. The molecule has 0 amide bonds. The van der Waals surface area contributed by atoms with Crippen LogP contribution in [0.3, 0.4) is 0 Å². The van der Waals surface area contributed by atoms with Gasteiger partial charge in [0.05, 0.1) is 0 Å². The van der Waals surface area contributed by atoms with Crippen molar-refractivity contribution in [3.8, 4) is 0 Å². The van der Waals surface area contributed by atoms with Crippen LogP contribution in [0.1, 0.15) is 0 Å². The van der Waals surface area contributed by atoms with Crippen LogP contribution in [0.15, 0.2) is 24.6 Å². The van der Waals surface area contributed by atoms with E-state index < -0.39 is 8.32 Å². The Bertz CT molecular complexity index is 99.6. The summed E-state index contributed by atoms with van der Waals surface area (Å²) in [5.74, 6) is 0. The van der Waals surface area contributed by atoms with Gasteiger partial charge in [-0.15, -0.1) is 24.8 Å². The van der Waals surface area contributed by atoms with E-state index in [-0.39, 0.29) is 0 Å². The van der Waals surface area contributed by atoms with Gasteiger partial charge in [0.2, 0.25) is 0 Å². The van der Waals surface area contributed by atoms with Crippen molar-refractivity contribution in [1.82, 2.24) is 0 Å². The highest BCUT2D eigenvalue weighted by atomic mass is 35.5. The molecule has 0 aliphatic heterocycles. The summed E-state index contributed by atoms with van der Waals surface area (Å²) in [5, 5.41) is 0. The third kappa shape index (κ3) is 1.97. The summed E-state index contributed by atoms with van der Waals surface area (Å²) in [6.07, 6.45) is 0.